The molecule has 8 heteroatoms. The van der Waals surface area contributed by atoms with E-state index in [1.54, 1.807) is 12.3 Å². The van der Waals surface area contributed by atoms with Gasteiger partial charge in [-0.15, -0.1) is 10.2 Å². The maximum Gasteiger partial charge on any atom is 0.269 e. The smallest absolute Gasteiger partial charge is 0.269 e. The summed E-state index contributed by atoms with van der Waals surface area (Å²) in [6.45, 7) is 0.535. The quantitative estimate of drug-likeness (QED) is 0.522. The molecule has 0 aliphatic rings. The fraction of sp³-hybridized carbons (Fsp3) is 0.143. The van der Waals surface area contributed by atoms with Gasteiger partial charge >= 0.3 is 0 Å². The Labute approximate surface area is 125 Å². The number of carbonyl (C=O) groups is 2. The number of nitrogens with one attached hydrogen (secondary N) is 1. The Morgan fingerprint density at radius 1 is 1.18 bits per heavy atom. The van der Waals surface area contributed by atoms with Crippen LogP contribution >= 0.6 is 0 Å². The molecule has 0 fully saturated rings. The van der Waals surface area contributed by atoms with Crippen molar-refractivity contribution >= 4 is 11.6 Å². The van der Waals surface area contributed by atoms with Gasteiger partial charge < -0.3 is 4.57 Å². The number of ketones is 2. The standard InChI is InChI=1S/C14H12N6O2/c21-12(13(22)14-16-18-19-17-14)8-11-5-3-7-20(11)9-10-4-1-2-6-15-10/h1-7H,8-9H2,(H,16,17,18,19). The molecule has 0 radical (unpaired) electrons. The molecule has 0 bridgehead atoms. The lowest BCUT2D eigenvalue weighted by atomic mass is 10.1. The lowest BCUT2D eigenvalue weighted by Crippen LogP contribution is -2.20. The molecule has 0 spiro atoms. The first-order chi connectivity index (χ1) is 10.7. The zero-order valence-electron chi connectivity index (χ0n) is 11.5. The fourth-order valence-corrected chi connectivity index (χ4v) is 2.06. The first-order valence-electron chi connectivity index (χ1n) is 6.59. The second-order valence-electron chi connectivity index (χ2n) is 4.61. The van der Waals surface area contributed by atoms with Gasteiger partial charge in [0.1, 0.15) is 0 Å². The Hall–Kier alpha value is -3.16. The molecule has 0 atom stereocenters. The summed E-state index contributed by atoms with van der Waals surface area (Å²) in [7, 11) is 0. The number of aromatic nitrogens is 6. The number of H-pyrrole nitrogens is 1. The molecule has 0 aromatic carbocycles. The molecule has 0 saturated heterocycles. The van der Waals surface area contributed by atoms with Gasteiger partial charge in [0.15, 0.2) is 0 Å². The Bertz CT molecular complexity index is 779. The molecule has 1 N–H and O–H groups in total. The summed E-state index contributed by atoms with van der Waals surface area (Å²) in [5, 5.41) is 12.5. The van der Waals surface area contributed by atoms with Crippen LogP contribution in [-0.2, 0) is 17.8 Å². The third-order valence-corrected chi connectivity index (χ3v) is 3.13. The lowest BCUT2D eigenvalue weighted by Gasteiger charge is -2.07. The predicted octanol–water partition coefficient (Wildman–Crippen LogP) is 0.439. The number of Topliss-reactive ketones (excluding diaryl/α,β-unsaturated/α-hetero) is 2. The maximum atomic E-state index is 12.0. The van der Waals surface area contributed by atoms with E-state index in [1.807, 2.05) is 35.0 Å². The number of hydrogen-bond acceptors (Lipinski definition) is 6. The molecule has 3 aromatic heterocycles. The summed E-state index contributed by atoms with van der Waals surface area (Å²) in [4.78, 5) is 28.1. The maximum absolute atomic E-state index is 12.0. The van der Waals surface area contributed by atoms with Crippen molar-refractivity contribution in [2.75, 3.05) is 0 Å². The van der Waals surface area contributed by atoms with Gasteiger partial charge in [0.2, 0.25) is 11.6 Å². The normalized spacial score (nSPS) is 10.5. The summed E-state index contributed by atoms with van der Waals surface area (Å²) in [5.41, 5.74) is 1.60. The first kappa shape index (κ1) is 13.8. The summed E-state index contributed by atoms with van der Waals surface area (Å²) in [5.74, 6) is -1.55. The van der Waals surface area contributed by atoms with E-state index in [4.69, 9.17) is 0 Å². The minimum absolute atomic E-state index is 0.0206. The van der Waals surface area contributed by atoms with E-state index in [0.717, 1.165) is 11.4 Å². The molecule has 3 heterocycles. The summed E-state index contributed by atoms with van der Waals surface area (Å²) in [6.07, 6.45) is 3.53. The molecule has 3 aromatic rings. The number of aromatic amines is 1. The van der Waals surface area contributed by atoms with Gasteiger partial charge in [-0.1, -0.05) is 6.07 Å². The van der Waals surface area contributed by atoms with Crippen LogP contribution in [-0.4, -0.2) is 41.7 Å². The second-order valence-corrected chi connectivity index (χ2v) is 4.61. The Morgan fingerprint density at radius 2 is 2.09 bits per heavy atom. The van der Waals surface area contributed by atoms with Gasteiger partial charge in [-0.05, 0) is 29.5 Å². The van der Waals surface area contributed by atoms with Crippen molar-refractivity contribution in [1.29, 1.82) is 0 Å². The third-order valence-electron chi connectivity index (χ3n) is 3.13. The van der Waals surface area contributed by atoms with Crippen molar-refractivity contribution in [2.24, 2.45) is 0 Å². The Morgan fingerprint density at radius 3 is 2.82 bits per heavy atom. The predicted molar refractivity (Wildman–Crippen MR) is 75.0 cm³/mol. The minimum Gasteiger partial charge on any atom is -0.345 e. The monoisotopic (exact) mass is 296 g/mol. The number of tetrazole rings is 1. The van der Waals surface area contributed by atoms with E-state index in [2.05, 4.69) is 25.6 Å². The van der Waals surface area contributed by atoms with Crippen LogP contribution in [0.5, 0.6) is 0 Å². The SMILES string of the molecule is O=C(Cc1cccn1Cc1ccccn1)C(=O)c1nn[nH]n1. The molecular formula is C14H12N6O2. The van der Waals surface area contributed by atoms with Crippen molar-refractivity contribution in [3.05, 3.63) is 59.9 Å². The molecule has 0 aliphatic carbocycles. The van der Waals surface area contributed by atoms with Crippen LogP contribution in [0, 0.1) is 0 Å². The van der Waals surface area contributed by atoms with Crippen LogP contribution < -0.4 is 0 Å². The summed E-state index contributed by atoms with van der Waals surface area (Å²) in [6, 6.07) is 9.26. The summed E-state index contributed by atoms with van der Waals surface area (Å²) < 4.78 is 1.88. The second kappa shape index (κ2) is 6.08. The topological polar surface area (TPSA) is 106 Å². The molecular weight excluding hydrogens is 284 g/mol. The molecule has 0 aliphatic heterocycles. The van der Waals surface area contributed by atoms with E-state index in [0.29, 0.717) is 6.54 Å². The van der Waals surface area contributed by atoms with Gasteiger partial charge in [-0.25, -0.2) is 0 Å². The number of carbonyl (C=O) groups excluding carboxylic acids is 2. The summed E-state index contributed by atoms with van der Waals surface area (Å²) >= 11 is 0. The van der Waals surface area contributed by atoms with Gasteiger partial charge in [0, 0.05) is 18.1 Å². The van der Waals surface area contributed by atoms with Crippen LogP contribution in [0.25, 0.3) is 0 Å². The average molecular weight is 296 g/mol. The van der Waals surface area contributed by atoms with E-state index in [9.17, 15) is 9.59 Å². The highest BCUT2D eigenvalue weighted by Crippen LogP contribution is 2.08. The van der Waals surface area contributed by atoms with Gasteiger partial charge in [-0.3, -0.25) is 14.6 Å². The van der Waals surface area contributed by atoms with Crippen molar-refractivity contribution in [3.63, 3.8) is 0 Å². The minimum atomic E-state index is -0.751. The van der Waals surface area contributed by atoms with Crippen molar-refractivity contribution in [3.8, 4) is 0 Å². The Kier molecular flexibility index (Phi) is 3.82. The van der Waals surface area contributed by atoms with E-state index in [1.165, 1.54) is 0 Å². The molecule has 8 nitrogen and oxygen atoms in total. The van der Waals surface area contributed by atoms with Gasteiger partial charge in [-0.2, -0.15) is 5.21 Å². The van der Waals surface area contributed by atoms with E-state index < -0.39 is 11.6 Å². The molecule has 0 unspecified atom stereocenters. The third kappa shape index (κ3) is 2.95. The Balaban J connectivity index is 1.72. The van der Waals surface area contributed by atoms with Crippen molar-refractivity contribution in [2.45, 2.75) is 13.0 Å². The molecule has 0 saturated carbocycles. The van der Waals surface area contributed by atoms with Crippen LogP contribution in [0.4, 0.5) is 0 Å². The number of nitrogens with zero attached hydrogens (tertiary/aromatic N) is 5. The number of hydrogen-bond donors (Lipinski definition) is 1. The highest BCUT2D eigenvalue weighted by atomic mass is 16.2. The zero-order valence-corrected chi connectivity index (χ0v) is 11.5. The van der Waals surface area contributed by atoms with Crippen molar-refractivity contribution in [1.82, 2.24) is 30.2 Å². The lowest BCUT2D eigenvalue weighted by molar-refractivity contribution is -0.114. The van der Waals surface area contributed by atoms with Crippen molar-refractivity contribution < 1.29 is 9.59 Å². The van der Waals surface area contributed by atoms with Crippen LogP contribution in [0.3, 0.4) is 0 Å². The number of pyridine rings is 1. The molecule has 3 rings (SSSR count). The highest BCUT2D eigenvalue weighted by molar-refractivity contribution is 6.42. The molecule has 0 amide bonds. The van der Waals surface area contributed by atoms with Crippen LogP contribution in [0.1, 0.15) is 22.0 Å². The van der Waals surface area contributed by atoms with Gasteiger partial charge in [0.25, 0.3) is 5.78 Å². The van der Waals surface area contributed by atoms with E-state index >= 15 is 0 Å². The zero-order chi connectivity index (χ0) is 15.4. The van der Waals surface area contributed by atoms with Gasteiger partial charge in [0.05, 0.1) is 18.7 Å². The average Bonchev–Trinajstić information content (AvgIpc) is 3.20. The molecule has 22 heavy (non-hydrogen) atoms. The highest BCUT2D eigenvalue weighted by Gasteiger charge is 2.21. The first-order valence-corrected chi connectivity index (χ1v) is 6.59. The largest absolute Gasteiger partial charge is 0.345 e. The van der Waals surface area contributed by atoms with E-state index in [-0.39, 0.29) is 12.2 Å². The van der Waals surface area contributed by atoms with Crippen LogP contribution in [0.2, 0.25) is 0 Å². The number of rotatable bonds is 6. The fourth-order valence-electron chi connectivity index (χ4n) is 2.06. The molecule has 110 valence electrons. The van der Waals surface area contributed by atoms with Crippen LogP contribution in [0.15, 0.2) is 42.7 Å².